The summed E-state index contributed by atoms with van der Waals surface area (Å²) in [4.78, 5) is 0. The number of phenolic OH excluding ortho intramolecular Hbond substituents is 1. The molecule has 1 heteroatoms. The Labute approximate surface area is 186 Å². The molecular formula is C30H30O. The van der Waals surface area contributed by atoms with Crippen molar-refractivity contribution < 1.29 is 5.11 Å². The summed E-state index contributed by atoms with van der Waals surface area (Å²) in [5, 5.41) is 11.6. The summed E-state index contributed by atoms with van der Waals surface area (Å²) >= 11 is 0. The number of aromatic hydroxyl groups is 1. The Bertz CT molecular complexity index is 1060. The summed E-state index contributed by atoms with van der Waals surface area (Å²) in [5.41, 5.74) is 9.65. The second-order valence-electron chi connectivity index (χ2n) is 8.04. The van der Waals surface area contributed by atoms with E-state index >= 15 is 0 Å². The molecular weight excluding hydrogens is 376 g/mol. The molecule has 4 rings (SSSR count). The monoisotopic (exact) mass is 406 g/mol. The van der Waals surface area contributed by atoms with Gasteiger partial charge in [-0.3, -0.25) is 0 Å². The van der Waals surface area contributed by atoms with Gasteiger partial charge in [-0.1, -0.05) is 105 Å². The van der Waals surface area contributed by atoms with E-state index in [1.807, 2.05) is 12.1 Å². The highest BCUT2D eigenvalue weighted by Gasteiger charge is 2.23. The second-order valence-corrected chi connectivity index (χ2v) is 8.04. The predicted molar refractivity (Wildman–Crippen MR) is 131 cm³/mol. The lowest BCUT2D eigenvalue weighted by Crippen LogP contribution is -2.08. The molecule has 4 aromatic carbocycles. The second kappa shape index (κ2) is 9.66. The van der Waals surface area contributed by atoms with Gasteiger partial charge in [-0.05, 0) is 46.2 Å². The minimum atomic E-state index is 0.473. The van der Waals surface area contributed by atoms with Crippen LogP contribution in [-0.2, 0) is 25.7 Å². The van der Waals surface area contributed by atoms with Crippen molar-refractivity contribution in [2.45, 2.75) is 39.5 Å². The molecule has 0 saturated carbocycles. The van der Waals surface area contributed by atoms with Gasteiger partial charge >= 0.3 is 0 Å². The van der Waals surface area contributed by atoms with Gasteiger partial charge in [-0.15, -0.1) is 0 Å². The van der Waals surface area contributed by atoms with Crippen LogP contribution in [0.5, 0.6) is 5.75 Å². The molecule has 0 heterocycles. The smallest absolute Gasteiger partial charge is 0.123 e. The molecule has 0 aliphatic carbocycles. The van der Waals surface area contributed by atoms with Crippen LogP contribution in [0.25, 0.3) is 11.1 Å². The van der Waals surface area contributed by atoms with Crippen LogP contribution >= 0.6 is 0 Å². The highest BCUT2D eigenvalue weighted by molar-refractivity contribution is 5.77. The molecule has 0 bridgehead atoms. The van der Waals surface area contributed by atoms with Gasteiger partial charge in [-0.2, -0.15) is 0 Å². The fourth-order valence-corrected chi connectivity index (χ4v) is 4.67. The fraction of sp³-hybridized carbons (Fsp3) is 0.200. The molecule has 156 valence electrons. The standard InChI is InChI=1S/C30H30O/c1-3-25-27(20-22-14-8-5-9-15-22)30(31)28(21-23-16-10-6-11-17-23)26(4-2)29(25)24-18-12-7-13-19-24/h5-19,31H,3-4,20-21H2,1-2H3. The minimum Gasteiger partial charge on any atom is -0.507 e. The lowest BCUT2D eigenvalue weighted by molar-refractivity contribution is 0.461. The van der Waals surface area contributed by atoms with Crippen LogP contribution < -0.4 is 0 Å². The van der Waals surface area contributed by atoms with E-state index in [1.165, 1.54) is 33.4 Å². The van der Waals surface area contributed by atoms with Crippen molar-refractivity contribution in [1.82, 2.24) is 0 Å². The predicted octanol–water partition coefficient (Wildman–Crippen LogP) is 7.37. The van der Waals surface area contributed by atoms with Crippen molar-refractivity contribution in [2.75, 3.05) is 0 Å². The van der Waals surface area contributed by atoms with Crippen LogP contribution in [0.2, 0.25) is 0 Å². The first-order valence-electron chi connectivity index (χ1n) is 11.2. The Hall–Kier alpha value is -3.32. The molecule has 0 spiro atoms. The van der Waals surface area contributed by atoms with Crippen molar-refractivity contribution in [2.24, 2.45) is 0 Å². The Morgan fingerprint density at radius 2 is 0.903 bits per heavy atom. The highest BCUT2D eigenvalue weighted by atomic mass is 16.3. The van der Waals surface area contributed by atoms with Crippen LogP contribution in [-0.4, -0.2) is 5.11 Å². The number of benzene rings is 4. The van der Waals surface area contributed by atoms with Gasteiger partial charge in [0.05, 0.1) is 0 Å². The summed E-state index contributed by atoms with van der Waals surface area (Å²) in [6, 6.07) is 31.6. The van der Waals surface area contributed by atoms with Crippen LogP contribution in [0, 0.1) is 0 Å². The van der Waals surface area contributed by atoms with E-state index in [9.17, 15) is 5.11 Å². The van der Waals surface area contributed by atoms with Crippen LogP contribution in [0.1, 0.15) is 47.2 Å². The van der Waals surface area contributed by atoms with Crippen molar-refractivity contribution in [3.8, 4) is 16.9 Å². The van der Waals surface area contributed by atoms with Crippen molar-refractivity contribution in [3.05, 3.63) is 124 Å². The fourth-order valence-electron chi connectivity index (χ4n) is 4.67. The van der Waals surface area contributed by atoms with Gasteiger partial charge in [0.1, 0.15) is 5.75 Å². The lowest BCUT2D eigenvalue weighted by atomic mass is 9.81. The Morgan fingerprint density at radius 1 is 0.516 bits per heavy atom. The van der Waals surface area contributed by atoms with E-state index in [1.54, 1.807) is 0 Å². The summed E-state index contributed by atoms with van der Waals surface area (Å²) in [7, 11) is 0. The third kappa shape index (κ3) is 4.41. The first-order valence-corrected chi connectivity index (χ1v) is 11.2. The number of hydrogen-bond acceptors (Lipinski definition) is 1. The molecule has 0 atom stereocenters. The maximum atomic E-state index is 11.6. The zero-order valence-electron chi connectivity index (χ0n) is 18.4. The van der Waals surface area contributed by atoms with E-state index in [-0.39, 0.29) is 0 Å². The molecule has 0 radical (unpaired) electrons. The highest BCUT2D eigenvalue weighted by Crippen LogP contribution is 2.41. The number of phenols is 1. The molecule has 0 aliphatic heterocycles. The lowest BCUT2D eigenvalue weighted by Gasteiger charge is -2.24. The molecule has 0 fully saturated rings. The minimum absolute atomic E-state index is 0.473. The normalized spacial score (nSPS) is 10.9. The first kappa shape index (κ1) is 20.9. The maximum absolute atomic E-state index is 11.6. The summed E-state index contributed by atoms with van der Waals surface area (Å²) in [6.07, 6.45) is 3.25. The quantitative estimate of drug-likeness (QED) is 0.340. The SMILES string of the molecule is CCc1c(Cc2ccccc2)c(O)c(Cc2ccccc2)c(CC)c1-c1ccccc1. The topological polar surface area (TPSA) is 20.2 Å². The van der Waals surface area contributed by atoms with Crippen molar-refractivity contribution in [3.63, 3.8) is 0 Å². The maximum Gasteiger partial charge on any atom is 0.123 e. The van der Waals surface area contributed by atoms with Gasteiger partial charge in [0.2, 0.25) is 0 Å². The summed E-state index contributed by atoms with van der Waals surface area (Å²) in [6.45, 7) is 4.40. The third-order valence-corrected chi connectivity index (χ3v) is 6.12. The van der Waals surface area contributed by atoms with Gasteiger partial charge in [0.25, 0.3) is 0 Å². The van der Waals surface area contributed by atoms with E-state index in [0.29, 0.717) is 5.75 Å². The Balaban J connectivity index is 1.98. The zero-order valence-corrected chi connectivity index (χ0v) is 18.4. The largest absolute Gasteiger partial charge is 0.507 e. The van der Waals surface area contributed by atoms with Gasteiger partial charge in [0, 0.05) is 24.0 Å². The van der Waals surface area contributed by atoms with Crippen molar-refractivity contribution >= 4 is 0 Å². The van der Waals surface area contributed by atoms with E-state index < -0.39 is 0 Å². The van der Waals surface area contributed by atoms with E-state index in [0.717, 1.165) is 36.8 Å². The van der Waals surface area contributed by atoms with Crippen LogP contribution in [0.4, 0.5) is 0 Å². The van der Waals surface area contributed by atoms with Crippen LogP contribution in [0.3, 0.4) is 0 Å². The van der Waals surface area contributed by atoms with Gasteiger partial charge in [0.15, 0.2) is 0 Å². The zero-order chi connectivity index (χ0) is 21.6. The number of rotatable bonds is 7. The molecule has 31 heavy (non-hydrogen) atoms. The number of hydrogen-bond donors (Lipinski definition) is 1. The Kier molecular flexibility index (Phi) is 6.52. The molecule has 0 aromatic heterocycles. The molecule has 0 saturated heterocycles. The molecule has 1 N–H and O–H groups in total. The summed E-state index contributed by atoms with van der Waals surface area (Å²) in [5.74, 6) is 0.473. The average molecular weight is 407 g/mol. The van der Waals surface area contributed by atoms with Crippen LogP contribution in [0.15, 0.2) is 91.0 Å². The van der Waals surface area contributed by atoms with E-state index in [4.69, 9.17) is 0 Å². The van der Waals surface area contributed by atoms with Gasteiger partial charge in [-0.25, -0.2) is 0 Å². The van der Waals surface area contributed by atoms with Gasteiger partial charge < -0.3 is 5.11 Å². The molecule has 0 unspecified atom stereocenters. The Morgan fingerprint density at radius 3 is 1.29 bits per heavy atom. The van der Waals surface area contributed by atoms with Crippen molar-refractivity contribution in [1.29, 1.82) is 0 Å². The molecule has 1 nitrogen and oxygen atoms in total. The first-order chi connectivity index (χ1) is 15.2. The third-order valence-electron chi connectivity index (χ3n) is 6.12. The molecule has 4 aromatic rings. The molecule has 0 amide bonds. The average Bonchev–Trinajstić information content (AvgIpc) is 2.83. The summed E-state index contributed by atoms with van der Waals surface area (Å²) < 4.78 is 0. The molecule has 0 aliphatic rings. The van der Waals surface area contributed by atoms with E-state index in [2.05, 4.69) is 92.7 Å².